The van der Waals surface area contributed by atoms with Crippen molar-refractivity contribution in [2.75, 3.05) is 0 Å². The van der Waals surface area contributed by atoms with Crippen LogP contribution in [0.2, 0.25) is 0 Å². The van der Waals surface area contributed by atoms with E-state index >= 15 is 0 Å². The van der Waals surface area contributed by atoms with Crippen molar-refractivity contribution in [3.63, 3.8) is 0 Å². The predicted octanol–water partition coefficient (Wildman–Crippen LogP) is 0.338. The lowest BCUT2D eigenvalue weighted by molar-refractivity contribution is 0.604. The predicted molar refractivity (Wildman–Crippen MR) is 30.3 cm³/mol. The Morgan fingerprint density at radius 1 is 1.88 bits per heavy atom. The van der Waals surface area contributed by atoms with E-state index in [1.54, 1.807) is 12.4 Å². The van der Waals surface area contributed by atoms with Crippen LogP contribution in [-0.4, -0.2) is 10.2 Å². The summed E-state index contributed by atoms with van der Waals surface area (Å²) in [6, 6.07) is 0. The van der Waals surface area contributed by atoms with E-state index in [4.69, 9.17) is 0 Å². The summed E-state index contributed by atoms with van der Waals surface area (Å²) in [6.45, 7) is 0. The van der Waals surface area contributed by atoms with Crippen LogP contribution in [0.5, 0.6) is 0 Å². The smallest absolute Gasteiger partial charge is 0.285 e. The fraction of sp³-hybridized carbons (Fsp3) is 0.250. The molecule has 0 atom stereocenters. The molecule has 0 aliphatic rings. The number of hydrogen-bond donors (Lipinski definition) is 1. The van der Waals surface area contributed by atoms with E-state index in [9.17, 15) is 4.21 Å². The van der Waals surface area contributed by atoms with Crippen LogP contribution in [0, 0.1) is 0 Å². The molecule has 42 valence electrons. The lowest BCUT2D eigenvalue weighted by atomic mass is 10.4. The van der Waals surface area contributed by atoms with Crippen LogP contribution in [0.3, 0.4) is 0 Å². The maximum atomic E-state index is 9.87. The quantitative estimate of drug-likeness (QED) is 0.585. The third-order valence-corrected chi connectivity index (χ3v) is 1.23. The van der Waals surface area contributed by atoms with Crippen molar-refractivity contribution in [2.24, 2.45) is 0 Å². The Morgan fingerprint density at radius 2 is 2.75 bits per heavy atom. The fourth-order valence-electron chi connectivity index (χ4n) is 0.425. The molecule has 0 aliphatic carbocycles. The summed E-state index contributed by atoms with van der Waals surface area (Å²) >= 11 is 0.549. The minimum atomic E-state index is 0.497. The summed E-state index contributed by atoms with van der Waals surface area (Å²) in [5, 5.41) is 6.28. The van der Waals surface area contributed by atoms with Crippen LogP contribution in [0.15, 0.2) is 12.4 Å². The lowest BCUT2D eigenvalue weighted by Gasteiger charge is -1.65. The average Bonchev–Trinajstić information content (AvgIpc) is 2.19. The van der Waals surface area contributed by atoms with E-state index < -0.39 is 0 Å². The van der Waals surface area contributed by atoms with Gasteiger partial charge in [0, 0.05) is 10.4 Å². The second-order valence-electron chi connectivity index (χ2n) is 1.37. The van der Waals surface area contributed by atoms with Crippen molar-refractivity contribution < 1.29 is 4.21 Å². The summed E-state index contributed by atoms with van der Waals surface area (Å²) in [7, 11) is 0. The number of rotatable bonds is 2. The van der Waals surface area contributed by atoms with Crippen molar-refractivity contribution in [1.82, 2.24) is 10.2 Å². The van der Waals surface area contributed by atoms with Gasteiger partial charge >= 0.3 is 11.7 Å². The highest BCUT2D eigenvalue weighted by Gasteiger charge is 2.00. The molecule has 0 unspecified atom stereocenters. The van der Waals surface area contributed by atoms with Gasteiger partial charge in [0.1, 0.15) is 0 Å². The Kier molecular flexibility index (Phi) is 1.69. The molecule has 0 aromatic carbocycles. The number of aromatic amines is 1. The van der Waals surface area contributed by atoms with Crippen LogP contribution < -0.4 is 0 Å². The van der Waals surface area contributed by atoms with E-state index in [0.717, 1.165) is 5.56 Å². The van der Waals surface area contributed by atoms with Gasteiger partial charge in [-0.3, -0.25) is 5.10 Å². The Bertz CT molecular complexity index is 161. The lowest BCUT2D eigenvalue weighted by Crippen LogP contribution is -1.73. The highest BCUT2D eigenvalue weighted by Crippen LogP contribution is 1.91. The first kappa shape index (κ1) is 5.37. The van der Waals surface area contributed by atoms with E-state index in [0.29, 0.717) is 17.4 Å². The van der Waals surface area contributed by atoms with Crippen molar-refractivity contribution in [2.45, 2.75) is 5.75 Å². The Hall–Kier alpha value is -0.770. The highest BCUT2D eigenvalue weighted by molar-refractivity contribution is 7.64. The summed E-state index contributed by atoms with van der Waals surface area (Å²) in [5.74, 6) is 0.497. The fourth-order valence-corrected chi connectivity index (χ4v) is 0.719. The molecule has 4 heteroatoms. The van der Waals surface area contributed by atoms with Crippen molar-refractivity contribution in [1.29, 1.82) is 0 Å². The number of nitrogens with one attached hydrogen (secondary N) is 1. The number of H-pyrrole nitrogens is 1. The minimum Gasteiger partial charge on any atom is -0.285 e. The van der Waals surface area contributed by atoms with Crippen LogP contribution in [-0.2, 0) is 21.6 Å². The SMILES string of the molecule is O=[S+]Cc1cn[nH]c1. The van der Waals surface area contributed by atoms with Gasteiger partial charge in [-0.1, -0.05) is 0 Å². The molecule has 3 nitrogen and oxygen atoms in total. The first-order valence-electron chi connectivity index (χ1n) is 2.16. The van der Waals surface area contributed by atoms with E-state index in [1.807, 2.05) is 0 Å². The largest absolute Gasteiger partial charge is 0.463 e. The Morgan fingerprint density at radius 3 is 3.25 bits per heavy atom. The van der Waals surface area contributed by atoms with Crippen molar-refractivity contribution >= 4 is 11.7 Å². The van der Waals surface area contributed by atoms with Gasteiger partial charge < -0.3 is 0 Å². The van der Waals surface area contributed by atoms with Crippen LogP contribution >= 0.6 is 0 Å². The third kappa shape index (κ3) is 1.10. The Labute approximate surface area is 50.6 Å². The molecular weight excluding hydrogens is 124 g/mol. The number of hydrogen-bond acceptors (Lipinski definition) is 2. The van der Waals surface area contributed by atoms with Crippen LogP contribution in [0.4, 0.5) is 0 Å². The molecule has 1 aromatic heterocycles. The van der Waals surface area contributed by atoms with Gasteiger partial charge in [-0.05, 0) is 0 Å². The third-order valence-electron chi connectivity index (χ3n) is 0.780. The summed E-state index contributed by atoms with van der Waals surface area (Å²) < 4.78 is 9.87. The molecule has 0 radical (unpaired) electrons. The molecule has 0 fully saturated rings. The van der Waals surface area contributed by atoms with Crippen molar-refractivity contribution in [3.8, 4) is 0 Å². The van der Waals surface area contributed by atoms with Gasteiger partial charge in [0.2, 0.25) is 0 Å². The molecule has 0 saturated carbocycles. The first-order valence-corrected chi connectivity index (χ1v) is 3.07. The van der Waals surface area contributed by atoms with Gasteiger partial charge in [-0.25, -0.2) is 0 Å². The van der Waals surface area contributed by atoms with Gasteiger partial charge in [0.15, 0.2) is 0 Å². The normalized spacial score (nSPS) is 9.00. The molecule has 0 bridgehead atoms. The average molecular weight is 129 g/mol. The van der Waals surface area contributed by atoms with E-state index in [-0.39, 0.29) is 0 Å². The molecule has 8 heavy (non-hydrogen) atoms. The molecule has 0 saturated heterocycles. The van der Waals surface area contributed by atoms with Gasteiger partial charge in [0.25, 0.3) is 5.75 Å². The second-order valence-corrected chi connectivity index (χ2v) is 1.89. The zero-order chi connectivity index (χ0) is 5.82. The summed E-state index contributed by atoms with van der Waals surface area (Å²) in [5.41, 5.74) is 0.949. The van der Waals surface area contributed by atoms with Crippen LogP contribution in [0.1, 0.15) is 5.56 Å². The van der Waals surface area contributed by atoms with Crippen LogP contribution in [0.25, 0.3) is 0 Å². The highest BCUT2D eigenvalue weighted by atomic mass is 32.1. The number of aromatic nitrogens is 2. The summed E-state index contributed by atoms with van der Waals surface area (Å²) in [4.78, 5) is 0. The molecule has 0 aliphatic heterocycles. The van der Waals surface area contributed by atoms with E-state index in [1.165, 1.54) is 0 Å². The Balaban J connectivity index is 2.62. The maximum absolute atomic E-state index is 9.87. The molecule has 1 aromatic rings. The zero-order valence-electron chi connectivity index (χ0n) is 4.13. The molecular formula is C4H5N2OS+. The zero-order valence-corrected chi connectivity index (χ0v) is 4.94. The van der Waals surface area contributed by atoms with Gasteiger partial charge in [0.05, 0.1) is 11.8 Å². The summed E-state index contributed by atoms with van der Waals surface area (Å²) in [6.07, 6.45) is 3.36. The van der Waals surface area contributed by atoms with E-state index in [2.05, 4.69) is 10.2 Å². The molecule has 0 spiro atoms. The molecule has 1 rings (SSSR count). The first-order chi connectivity index (χ1) is 3.93. The minimum absolute atomic E-state index is 0.497. The van der Waals surface area contributed by atoms with Crippen molar-refractivity contribution in [3.05, 3.63) is 18.0 Å². The number of nitrogens with zero attached hydrogens (tertiary/aromatic N) is 1. The molecule has 1 heterocycles. The maximum Gasteiger partial charge on any atom is 0.463 e. The topological polar surface area (TPSA) is 45.8 Å². The molecule has 1 N–H and O–H groups in total. The van der Waals surface area contributed by atoms with Gasteiger partial charge in [-0.2, -0.15) is 5.10 Å². The standard InChI is InChI=1S/C4H5N2OS/c7-8-3-4-1-5-6-2-4/h1-2H,3H2,(H,5,6)/q+1. The molecule has 0 amide bonds. The van der Waals surface area contributed by atoms with Gasteiger partial charge in [-0.15, -0.1) is 0 Å². The monoisotopic (exact) mass is 129 g/mol. The second kappa shape index (κ2) is 2.52.